The van der Waals surface area contributed by atoms with Crippen molar-refractivity contribution in [2.75, 3.05) is 14.2 Å². The fourth-order valence-corrected chi connectivity index (χ4v) is 3.94. The first-order valence-electron chi connectivity index (χ1n) is 16.4. The number of furan rings is 2. The number of cyclic esters (lactones) is 1. The SMILES string of the molecule is C=C(C)NC(C)=O.CC.CC.CN.COc1cc(CCCC2OC(=O)NC2=O)ccc1OCc1nc(-c2ccco2)oc1C.Cc1ccco1. The maximum Gasteiger partial charge on any atom is 0.414 e. The van der Waals surface area contributed by atoms with Crippen LogP contribution in [0.25, 0.3) is 11.7 Å². The van der Waals surface area contributed by atoms with Gasteiger partial charge in [0.25, 0.3) is 11.8 Å². The molecule has 1 aliphatic rings. The van der Waals surface area contributed by atoms with Crippen LogP contribution in [-0.4, -0.2) is 43.2 Å². The molecule has 0 saturated carbocycles. The lowest BCUT2D eigenvalue weighted by molar-refractivity contribution is -0.123. The number of aryl methyl sites for hydroxylation is 3. The quantitative estimate of drug-likeness (QED) is 0.148. The zero-order chi connectivity index (χ0) is 38.1. The van der Waals surface area contributed by atoms with Crippen molar-refractivity contribution in [3.05, 3.63) is 90.0 Å². The number of aromatic nitrogens is 1. The average Bonchev–Trinajstić information content (AvgIpc) is 3.93. The van der Waals surface area contributed by atoms with Gasteiger partial charge in [0.15, 0.2) is 23.4 Å². The van der Waals surface area contributed by atoms with E-state index in [0.717, 1.165) is 11.3 Å². The summed E-state index contributed by atoms with van der Waals surface area (Å²) in [4.78, 5) is 37.1. The van der Waals surface area contributed by atoms with Crippen LogP contribution in [0.3, 0.4) is 0 Å². The van der Waals surface area contributed by atoms with E-state index in [1.165, 1.54) is 14.0 Å². The van der Waals surface area contributed by atoms with E-state index in [0.29, 0.717) is 59.6 Å². The maximum absolute atomic E-state index is 11.5. The summed E-state index contributed by atoms with van der Waals surface area (Å²) in [6, 6.07) is 13.0. The number of allylic oxidation sites excluding steroid dienone is 1. The fourth-order valence-electron chi connectivity index (χ4n) is 3.94. The Labute approximate surface area is 295 Å². The molecular formula is C37H54N4O9. The van der Waals surface area contributed by atoms with Crippen LogP contribution in [0.1, 0.15) is 77.2 Å². The fraction of sp³-hybridized carbons (Fsp3) is 0.405. The number of hydrogen-bond donors (Lipinski definition) is 3. The Morgan fingerprint density at radius 1 is 1.00 bits per heavy atom. The molecule has 4 heterocycles. The summed E-state index contributed by atoms with van der Waals surface area (Å²) >= 11 is 0. The van der Waals surface area contributed by atoms with Gasteiger partial charge >= 0.3 is 6.09 Å². The average molecular weight is 699 g/mol. The highest BCUT2D eigenvalue weighted by molar-refractivity contribution is 5.99. The third-order valence-corrected chi connectivity index (χ3v) is 5.97. The highest BCUT2D eigenvalue weighted by atomic mass is 16.6. The molecular weight excluding hydrogens is 644 g/mol. The number of amides is 3. The zero-order valence-electron chi connectivity index (χ0n) is 31.0. The van der Waals surface area contributed by atoms with Crippen molar-refractivity contribution in [1.29, 1.82) is 0 Å². The number of nitrogens with one attached hydrogen (secondary N) is 2. The van der Waals surface area contributed by atoms with Crippen molar-refractivity contribution in [2.45, 2.75) is 87.4 Å². The molecule has 1 atom stereocenters. The second kappa shape index (κ2) is 25.7. The Morgan fingerprint density at radius 2 is 1.66 bits per heavy atom. The Balaban J connectivity index is 0.00000104. The summed E-state index contributed by atoms with van der Waals surface area (Å²) in [6.07, 6.45) is 3.67. The maximum atomic E-state index is 11.5. The van der Waals surface area contributed by atoms with Gasteiger partial charge in [-0.2, -0.15) is 0 Å². The van der Waals surface area contributed by atoms with Crippen molar-refractivity contribution in [3.8, 4) is 23.1 Å². The van der Waals surface area contributed by atoms with E-state index < -0.39 is 12.2 Å². The lowest BCUT2D eigenvalue weighted by Crippen LogP contribution is -2.24. The second-order valence-corrected chi connectivity index (χ2v) is 9.73. The third kappa shape index (κ3) is 16.7. The minimum Gasteiger partial charge on any atom is -0.493 e. The molecule has 0 spiro atoms. The van der Waals surface area contributed by atoms with E-state index >= 15 is 0 Å². The van der Waals surface area contributed by atoms with Crippen LogP contribution in [0.5, 0.6) is 11.5 Å². The number of alkyl carbamates (subject to hydrolysis) is 1. The van der Waals surface area contributed by atoms with E-state index in [4.69, 9.17) is 27.5 Å². The van der Waals surface area contributed by atoms with Gasteiger partial charge in [-0.15, -0.1) is 0 Å². The van der Waals surface area contributed by atoms with E-state index in [9.17, 15) is 14.4 Å². The number of carbonyl (C=O) groups is 3. The molecule has 5 rings (SSSR count). The number of nitrogens with two attached hydrogens (primary N) is 1. The van der Waals surface area contributed by atoms with Gasteiger partial charge in [-0.05, 0) is 89.0 Å². The molecule has 1 aromatic carbocycles. The number of ether oxygens (including phenoxy) is 3. The van der Waals surface area contributed by atoms with Gasteiger partial charge in [0.1, 0.15) is 23.8 Å². The Bertz CT molecular complexity index is 1520. The van der Waals surface area contributed by atoms with Crippen molar-refractivity contribution < 1.29 is 41.8 Å². The van der Waals surface area contributed by atoms with Crippen molar-refractivity contribution >= 4 is 17.9 Å². The molecule has 3 amide bonds. The molecule has 0 aliphatic carbocycles. The van der Waals surface area contributed by atoms with Crippen LogP contribution >= 0.6 is 0 Å². The number of rotatable bonds is 10. The first-order valence-corrected chi connectivity index (χ1v) is 16.4. The summed E-state index contributed by atoms with van der Waals surface area (Å²) in [7, 11) is 3.07. The van der Waals surface area contributed by atoms with Crippen LogP contribution in [0.2, 0.25) is 0 Å². The van der Waals surface area contributed by atoms with Gasteiger partial charge in [-0.3, -0.25) is 14.9 Å². The lowest BCUT2D eigenvalue weighted by atomic mass is 10.1. The van der Waals surface area contributed by atoms with Gasteiger partial charge in [0.05, 0.1) is 19.6 Å². The predicted molar refractivity (Wildman–Crippen MR) is 193 cm³/mol. The number of carbonyl (C=O) groups excluding carboxylic acids is 3. The molecule has 0 radical (unpaired) electrons. The van der Waals surface area contributed by atoms with Crippen LogP contribution in [-0.2, 0) is 27.4 Å². The lowest BCUT2D eigenvalue weighted by Gasteiger charge is -2.12. The normalized spacial score (nSPS) is 12.2. The minimum atomic E-state index is -0.714. The second-order valence-electron chi connectivity index (χ2n) is 9.73. The summed E-state index contributed by atoms with van der Waals surface area (Å²) in [6.45, 7) is 18.6. The largest absolute Gasteiger partial charge is 0.493 e. The molecule has 3 aromatic heterocycles. The Kier molecular flexibility index (Phi) is 23.0. The number of imide groups is 1. The summed E-state index contributed by atoms with van der Waals surface area (Å²) < 4.78 is 32.1. The Hall–Kier alpha value is -5.30. The van der Waals surface area contributed by atoms with Crippen LogP contribution in [0.15, 0.2) is 80.5 Å². The van der Waals surface area contributed by atoms with Crippen molar-refractivity contribution in [3.63, 3.8) is 0 Å². The topological polar surface area (TPSA) is 181 Å². The molecule has 4 N–H and O–H groups in total. The molecule has 13 nitrogen and oxygen atoms in total. The molecule has 1 saturated heterocycles. The standard InChI is InChI=1S/C22H22N2O7.C5H9NO.C5H6O.2C2H6.CH5N/c1-13-15(23-21(30-13)18-7-4-10-28-18)12-29-16-9-8-14(11-19(16)27-2)5-3-6-17-20(25)24-22(26)31-17;1-4(2)6-5(3)7;1-5-3-2-4-6-5;3*1-2/h4,7-11,17H,3,5-6,12H2,1-2H3,(H,24,25,26);1H2,2-3H3,(H,6,7);2-4H,1H3;2*1-2H3;2H2,1H3. The minimum absolute atomic E-state index is 0.0625. The molecule has 13 heteroatoms. The van der Waals surface area contributed by atoms with Crippen molar-refractivity contribution in [2.24, 2.45) is 5.73 Å². The van der Waals surface area contributed by atoms with Gasteiger partial charge in [-0.1, -0.05) is 40.3 Å². The number of hydrogen-bond acceptors (Lipinski definition) is 11. The molecule has 1 unspecified atom stereocenters. The van der Waals surface area contributed by atoms with E-state index in [1.54, 1.807) is 38.7 Å². The van der Waals surface area contributed by atoms with E-state index in [1.807, 2.05) is 71.9 Å². The number of oxazole rings is 1. The van der Waals surface area contributed by atoms with Crippen LogP contribution in [0, 0.1) is 13.8 Å². The van der Waals surface area contributed by atoms with Crippen LogP contribution in [0.4, 0.5) is 4.79 Å². The zero-order valence-corrected chi connectivity index (χ0v) is 31.0. The Morgan fingerprint density at radius 3 is 2.12 bits per heavy atom. The molecule has 0 bridgehead atoms. The number of methoxy groups -OCH3 is 1. The smallest absolute Gasteiger partial charge is 0.414 e. The molecule has 4 aromatic rings. The first kappa shape index (κ1) is 44.7. The molecule has 276 valence electrons. The third-order valence-electron chi connectivity index (χ3n) is 5.97. The van der Waals surface area contributed by atoms with Crippen molar-refractivity contribution in [1.82, 2.24) is 15.6 Å². The summed E-state index contributed by atoms with van der Waals surface area (Å²) in [5.41, 5.74) is 6.88. The van der Waals surface area contributed by atoms with E-state index in [-0.39, 0.29) is 18.4 Å². The highest BCUT2D eigenvalue weighted by Crippen LogP contribution is 2.30. The van der Waals surface area contributed by atoms with Gasteiger partial charge < -0.3 is 38.5 Å². The molecule has 50 heavy (non-hydrogen) atoms. The first-order chi connectivity index (χ1) is 24.0. The van der Waals surface area contributed by atoms with E-state index in [2.05, 4.69) is 27.9 Å². The molecule has 1 aliphatic heterocycles. The summed E-state index contributed by atoms with van der Waals surface area (Å²) in [5, 5.41) is 4.60. The monoisotopic (exact) mass is 698 g/mol. The number of benzene rings is 1. The summed E-state index contributed by atoms with van der Waals surface area (Å²) in [5.74, 6) is 3.31. The van der Waals surface area contributed by atoms with Gasteiger partial charge in [-0.25, -0.2) is 9.78 Å². The van der Waals surface area contributed by atoms with Gasteiger partial charge in [0, 0.05) is 12.6 Å². The molecule has 1 fully saturated rings. The predicted octanol–water partition coefficient (Wildman–Crippen LogP) is 7.66. The van der Waals surface area contributed by atoms with Crippen LogP contribution < -0.4 is 25.8 Å². The van der Waals surface area contributed by atoms with Gasteiger partial charge in [0.2, 0.25) is 5.91 Å². The number of nitrogens with zero attached hydrogens (tertiary/aromatic N) is 1. The highest BCUT2D eigenvalue weighted by Gasteiger charge is 2.31.